The number of hydrogen-bond acceptors (Lipinski definition) is 1. The summed E-state index contributed by atoms with van der Waals surface area (Å²) in [5, 5.41) is 0. The highest BCUT2D eigenvalue weighted by molar-refractivity contribution is 5.44. The van der Waals surface area contributed by atoms with Gasteiger partial charge in [0, 0.05) is 11.1 Å². The first-order valence-electron chi connectivity index (χ1n) is 11.5. The van der Waals surface area contributed by atoms with Gasteiger partial charge in [0.15, 0.2) is 0 Å². The fourth-order valence-electron chi connectivity index (χ4n) is 3.32. The van der Waals surface area contributed by atoms with Crippen LogP contribution < -0.4 is 4.74 Å². The molecule has 0 atom stereocenters. The first-order chi connectivity index (χ1) is 14.2. The van der Waals surface area contributed by atoms with Crippen molar-refractivity contribution in [1.29, 1.82) is 0 Å². The van der Waals surface area contributed by atoms with Gasteiger partial charge in [-0.1, -0.05) is 83.3 Å². The van der Waals surface area contributed by atoms with Gasteiger partial charge in [-0.2, -0.15) is 0 Å². The Balaban J connectivity index is 1.73. The van der Waals surface area contributed by atoms with Gasteiger partial charge in [-0.15, -0.1) is 0 Å². The van der Waals surface area contributed by atoms with Crippen LogP contribution in [-0.4, -0.2) is 6.61 Å². The van der Waals surface area contributed by atoms with E-state index in [4.69, 9.17) is 4.74 Å². The van der Waals surface area contributed by atoms with Crippen molar-refractivity contribution < 1.29 is 4.74 Å². The second-order valence-electron chi connectivity index (χ2n) is 8.37. The van der Waals surface area contributed by atoms with E-state index in [1.165, 1.54) is 50.5 Å². The highest BCUT2D eigenvalue weighted by Crippen LogP contribution is 2.14. The number of ether oxygens (including phenoxy) is 1. The highest BCUT2D eigenvalue weighted by Gasteiger charge is 1.98. The number of unbranched alkanes of at least 4 members (excludes halogenated alkanes) is 5. The number of hydrogen-bond donors (Lipinski definition) is 0. The number of rotatable bonds is 12. The van der Waals surface area contributed by atoms with Crippen LogP contribution in [0.3, 0.4) is 0 Å². The summed E-state index contributed by atoms with van der Waals surface area (Å²) in [4.78, 5) is 0. The molecule has 0 saturated heterocycles. The Kier molecular flexibility index (Phi) is 11.1. The van der Waals surface area contributed by atoms with E-state index in [-0.39, 0.29) is 0 Å². The summed E-state index contributed by atoms with van der Waals surface area (Å²) in [6, 6.07) is 16.8. The maximum Gasteiger partial charge on any atom is 0.119 e. The van der Waals surface area contributed by atoms with Crippen molar-refractivity contribution in [3.8, 4) is 17.6 Å². The van der Waals surface area contributed by atoms with Crippen LogP contribution in [0.25, 0.3) is 0 Å². The topological polar surface area (TPSA) is 9.23 Å². The Hall–Kier alpha value is -2.20. The first kappa shape index (κ1) is 23.1. The maximum atomic E-state index is 5.84. The average molecular weight is 391 g/mol. The molecule has 0 aromatic heterocycles. The summed E-state index contributed by atoms with van der Waals surface area (Å²) in [6.07, 6.45) is 11.4. The minimum absolute atomic E-state index is 0.785. The van der Waals surface area contributed by atoms with Gasteiger partial charge in [0.25, 0.3) is 0 Å². The van der Waals surface area contributed by atoms with Gasteiger partial charge in [-0.05, 0) is 67.1 Å². The molecule has 29 heavy (non-hydrogen) atoms. The van der Waals surface area contributed by atoms with E-state index in [2.05, 4.69) is 56.9 Å². The van der Waals surface area contributed by atoms with E-state index in [1.54, 1.807) is 0 Å². The zero-order chi connectivity index (χ0) is 20.7. The van der Waals surface area contributed by atoms with Crippen LogP contribution >= 0.6 is 0 Å². The molecule has 0 unspecified atom stereocenters. The van der Waals surface area contributed by atoms with Gasteiger partial charge in [0.2, 0.25) is 0 Å². The molecule has 0 spiro atoms. The van der Waals surface area contributed by atoms with Gasteiger partial charge >= 0.3 is 0 Å². The normalized spacial score (nSPS) is 10.6. The molecular weight excluding hydrogens is 352 g/mol. The van der Waals surface area contributed by atoms with Gasteiger partial charge in [0.1, 0.15) is 5.75 Å². The SMILES string of the molecule is CCCCCCCCOc1ccc(C#Cc2ccc(CCCC(C)C)cc2)cc1. The third-order valence-corrected chi connectivity index (χ3v) is 5.17. The molecule has 0 N–H and O–H groups in total. The van der Waals surface area contributed by atoms with Crippen molar-refractivity contribution >= 4 is 0 Å². The number of benzene rings is 2. The lowest BCUT2D eigenvalue weighted by molar-refractivity contribution is 0.304. The Morgan fingerprint density at radius 1 is 0.724 bits per heavy atom. The van der Waals surface area contributed by atoms with Crippen LogP contribution in [0.2, 0.25) is 0 Å². The molecule has 0 heterocycles. The van der Waals surface area contributed by atoms with Crippen LogP contribution in [0.5, 0.6) is 5.75 Å². The molecule has 0 amide bonds. The highest BCUT2D eigenvalue weighted by atomic mass is 16.5. The van der Waals surface area contributed by atoms with Crippen molar-refractivity contribution in [2.75, 3.05) is 6.61 Å². The predicted octanol–water partition coefficient (Wildman–Crippen LogP) is 7.80. The summed E-state index contributed by atoms with van der Waals surface area (Å²) >= 11 is 0. The molecule has 0 fully saturated rings. The van der Waals surface area contributed by atoms with E-state index in [1.807, 2.05) is 24.3 Å². The van der Waals surface area contributed by atoms with Crippen LogP contribution in [0.4, 0.5) is 0 Å². The Bertz CT molecular complexity index is 729. The van der Waals surface area contributed by atoms with E-state index in [0.29, 0.717) is 0 Å². The maximum absolute atomic E-state index is 5.84. The third-order valence-electron chi connectivity index (χ3n) is 5.17. The Morgan fingerprint density at radius 2 is 1.31 bits per heavy atom. The second-order valence-corrected chi connectivity index (χ2v) is 8.37. The van der Waals surface area contributed by atoms with Crippen LogP contribution in [0.1, 0.15) is 88.8 Å². The minimum Gasteiger partial charge on any atom is -0.494 e. The molecule has 156 valence electrons. The second kappa shape index (κ2) is 13.9. The van der Waals surface area contributed by atoms with Crippen molar-refractivity contribution in [1.82, 2.24) is 0 Å². The van der Waals surface area contributed by atoms with Crippen molar-refractivity contribution in [2.24, 2.45) is 5.92 Å². The molecule has 2 rings (SSSR count). The van der Waals surface area contributed by atoms with Gasteiger partial charge in [-0.25, -0.2) is 0 Å². The largest absolute Gasteiger partial charge is 0.494 e. The van der Waals surface area contributed by atoms with Gasteiger partial charge in [-0.3, -0.25) is 0 Å². The Morgan fingerprint density at radius 3 is 1.93 bits per heavy atom. The standard InChI is InChI=1S/C28H38O/c1-4-5-6-7-8-9-23-29-28-21-19-27(20-22-28)18-17-26-15-13-25(14-16-26)12-10-11-24(2)3/h13-16,19-22,24H,4-12,23H2,1-3H3. The predicted molar refractivity (Wildman–Crippen MR) is 126 cm³/mol. The summed E-state index contributed by atoms with van der Waals surface area (Å²) in [6.45, 7) is 7.63. The minimum atomic E-state index is 0.785. The van der Waals surface area contributed by atoms with Crippen molar-refractivity contribution in [2.45, 2.75) is 78.6 Å². The van der Waals surface area contributed by atoms with Crippen LogP contribution in [0.15, 0.2) is 48.5 Å². The smallest absolute Gasteiger partial charge is 0.119 e. The fraction of sp³-hybridized carbons (Fsp3) is 0.500. The molecule has 1 heteroatoms. The van der Waals surface area contributed by atoms with Crippen LogP contribution in [0, 0.1) is 17.8 Å². The van der Waals surface area contributed by atoms with Crippen molar-refractivity contribution in [3.63, 3.8) is 0 Å². The van der Waals surface area contributed by atoms with Gasteiger partial charge < -0.3 is 4.74 Å². The lowest BCUT2D eigenvalue weighted by Crippen LogP contribution is -1.97. The summed E-state index contributed by atoms with van der Waals surface area (Å²) in [7, 11) is 0. The Labute approximate surface area is 178 Å². The van der Waals surface area contributed by atoms with E-state index < -0.39 is 0 Å². The molecule has 0 saturated carbocycles. The van der Waals surface area contributed by atoms with E-state index >= 15 is 0 Å². The fourth-order valence-corrected chi connectivity index (χ4v) is 3.32. The van der Waals surface area contributed by atoms with E-state index in [0.717, 1.165) is 42.2 Å². The monoisotopic (exact) mass is 390 g/mol. The summed E-state index contributed by atoms with van der Waals surface area (Å²) < 4.78 is 5.84. The quantitative estimate of drug-likeness (QED) is 0.265. The lowest BCUT2D eigenvalue weighted by Gasteiger charge is -2.06. The zero-order valence-corrected chi connectivity index (χ0v) is 18.7. The molecule has 2 aromatic carbocycles. The van der Waals surface area contributed by atoms with Crippen molar-refractivity contribution in [3.05, 3.63) is 65.2 Å². The summed E-state index contributed by atoms with van der Waals surface area (Å²) in [5.74, 6) is 8.25. The molecule has 1 nitrogen and oxygen atoms in total. The molecule has 2 aromatic rings. The van der Waals surface area contributed by atoms with Crippen LogP contribution in [-0.2, 0) is 6.42 Å². The van der Waals surface area contributed by atoms with Gasteiger partial charge in [0.05, 0.1) is 6.61 Å². The number of aryl methyl sites for hydroxylation is 1. The third kappa shape index (κ3) is 10.2. The molecule has 0 aliphatic carbocycles. The molecule has 0 aliphatic heterocycles. The molecule has 0 radical (unpaired) electrons. The molecular formula is C28H38O. The van der Waals surface area contributed by atoms with E-state index in [9.17, 15) is 0 Å². The molecule has 0 bridgehead atoms. The molecule has 0 aliphatic rings. The zero-order valence-electron chi connectivity index (χ0n) is 18.7. The summed E-state index contributed by atoms with van der Waals surface area (Å²) in [5.41, 5.74) is 3.50. The first-order valence-corrected chi connectivity index (χ1v) is 11.5. The lowest BCUT2D eigenvalue weighted by atomic mass is 10.0. The average Bonchev–Trinajstić information content (AvgIpc) is 2.73.